The monoisotopic (exact) mass is 244 g/mol. The SMILES string of the molecule is CNCc1cnn(-c2cc(C)ccn2)c1C(C)C. The van der Waals surface area contributed by atoms with E-state index < -0.39 is 0 Å². The van der Waals surface area contributed by atoms with Gasteiger partial charge in [-0.3, -0.25) is 0 Å². The highest BCUT2D eigenvalue weighted by Gasteiger charge is 2.15. The second-order valence-corrected chi connectivity index (χ2v) is 4.84. The molecule has 4 nitrogen and oxygen atoms in total. The number of hydrogen-bond donors (Lipinski definition) is 1. The minimum atomic E-state index is 0.415. The Labute approximate surface area is 108 Å². The summed E-state index contributed by atoms with van der Waals surface area (Å²) in [5, 5.41) is 7.66. The molecule has 0 amide bonds. The number of nitrogens with zero attached hydrogens (tertiary/aromatic N) is 3. The number of pyridine rings is 1. The lowest BCUT2D eigenvalue weighted by atomic mass is 10.1. The summed E-state index contributed by atoms with van der Waals surface area (Å²) >= 11 is 0. The first-order valence-corrected chi connectivity index (χ1v) is 6.28. The molecule has 0 saturated heterocycles. The lowest BCUT2D eigenvalue weighted by Gasteiger charge is -2.12. The van der Waals surface area contributed by atoms with E-state index in [2.05, 4.69) is 42.2 Å². The zero-order chi connectivity index (χ0) is 13.1. The average Bonchev–Trinajstić information content (AvgIpc) is 2.73. The fourth-order valence-corrected chi connectivity index (χ4v) is 2.15. The number of aromatic nitrogens is 3. The Kier molecular flexibility index (Phi) is 3.77. The van der Waals surface area contributed by atoms with Gasteiger partial charge in [-0.15, -0.1) is 0 Å². The summed E-state index contributed by atoms with van der Waals surface area (Å²) in [6, 6.07) is 4.05. The average molecular weight is 244 g/mol. The molecule has 2 rings (SSSR count). The van der Waals surface area contributed by atoms with Crippen molar-refractivity contribution < 1.29 is 0 Å². The number of aryl methyl sites for hydroxylation is 1. The first-order valence-electron chi connectivity index (χ1n) is 6.28. The van der Waals surface area contributed by atoms with Gasteiger partial charge in [-0.2, -0.15) is 5.10 Å². The first-order chi connectivity index (χ1) is 8.63. The van der Waals surface area contributed by atoms with Gasteiger partial charge in [-0.25, -0.2) is 9.67 Å². The molecule has 0 radical (unpaired) electrons. The molecule has 2 aromatic rings. The molecule has 1 N–H and O–H groups in total. The zero-order valence-electron chi connectivity index (χ0n) is 11.4. The Morgan fingerprint density at radius 3 is 2.78 bits per heavy atom. The maximum absolute atomic E-state index is 4.48. The van der Waals surface area contributed by atoms with Crippen molar-refractivity contribution in [2.75, 3.05) is 7.05 Å². The molecule has 96 valence electrons. The van der Waals surface area contributed by atoms with Crippen molar-refractivity contribution in [1.82, 2.24) is 20.1 Å². The van der Waals surface area contributed by atoms with Crippen LogP contribution in [-0.2, 0) is 6.54 Å². The number of rotatable bonds is 4. The third kappa shape index (κ3) is 2.43. The van der Waals surface area contributed by atoms with E-state index in [9.17, 15) is 0 Å². The summed E-state index contributed by atoms with van der Waals surface area (Å²) in [6.07, 6.45) is 3.75. The van der Waals surface area contributed by atoms with Crippen LogP contribution in [-0.4, -0.2) is 21.8 Å². The lowest BCUT2D eigenvalue weighted by Crippen LogP contribution is -2.11. The third-order valence-electron chi connectivity index (χ3n) is 2.92. The smallest absolute Gasteiger partial charge is 0.153 e. The summed E-state index contributed by atoms with van der Waals surface area (Å²) in [4.78, 5) is 4.41. The summed E-state index contributed by atoms with van der Waals surface area (Å²) < 4.78 is 1.95. The molecule has 2 heterocycles. The predicted molar refractivity (Wildman–Crippen MR) is 72.9 cm³/mol. The molecular formula is C14H20N4. The highest BCUT2D eigenvalue weighted by molar-refractivity contribution is 5.33. The van der Waals surface area contributed by atoms with Crippen molar-refractivity contribution in [3.8, 4) is 5.82 Å². The summed E-state index contributed by atoms with van der Waals surface area (Å²) in [5.74, 6) is 1.30. The molecule has 0 saturated carbocycles. The van der Waals surface area contributed by atoms with Gasteiger partial charge in [0, 0.05) is 18.3 Å². The van der Waals surface area contributed by atoms with Crippen molar-refractivity contribution in [2.24, 2.45) is 0 Å². The van der Waals surface area contributed by atoms with Gasteiger partial charge in [0.2, 0.25) is 0 Å². The molecule has 0 bridgehead atoms. The fraction of sp³-hybridized carbons (Fsp3) is 0.429. The fourth-order valence-electron chi connectivity index (χ4n) is 2.15. The van der Waals surface area contributed by atoms with E-state index >= 15 is 0 Å². The van der Waals surface area contributed by atoms with Crippen molar-refractivity contribution in [2.45, 2.75) is 33.2 Å². The Balaban J connectivity index is 2.50. The second-order valence-electron chi connectivity index (χ2n) is 4.84. The molecule has 0 atom stereocenters. The predicted octanol–water partition coefficient (Wildman–Crippen LogP) is 2.42. The Bertz CT molecular complexity index is 528. The van der Waals surface area contributed by atoms with Gasteiger partial charge in [0.1, 0.15) is 0 Å². The summed E-state index contributed by atoms with van der Waals surface area (Å²) in [5.41, 5.74) is 3.65. The van der Waals surface area contributed by atoms with Crippen LogP contribution in [0.5, 0.6) is 0 Å². The Morgan fingerprint density at radius 2 is 2.17 bits per heavy atom. The van der Waals surface area contributed by atoms with E-state index in [0.717, 1.165) is 12.4 Å². The van der Waals surface area contributed by atoms with Gasteiger partial charge < -0.3 is 5.32 Å². The normalized spacial score (nSPS) is 11.2. The molecule has 0 unspecified atom stereocenters. The van der Waals surface area contributed by atoms with E-state index in [1.807, 2.05) is 30.2 Å². The van der Waals surface area contributed by atoms with Gasteiger partial charge >= 0.3 is 0 Å². The van der Waals surface area contributed by atoms with Gasteiger partial charge in [-0.05, 0) is 37.6 Å². The van der Waals surface area contributed by atoms with Crippen molar-refractivity contribution in [3.05, 3.63) is 41.3 Å². The van der Waals surface area contributed by atoms with E-state index in [0.29, 0.717) is 5.92 Å². The molecular weight excluding hydrogens is 224 g/mol. The molecule has 0 spiro atoms. The Hall–Kier alpha value is -1.68. The van der Waals surface area contributed by atoms with Crippen LogP contribution < -0.4 is 5.32 Å². The van der Waals surface area contributed by atoms with Crippen LogP contribution in [0.25, 0.3) is 5.82 Å². The largest absolute Gasteiger partial charge is 0.316 e. The van der Waals surface area contributed by atoms with Crippen LogP contribution in [0.2, 0.25) is 0 Å². The van der Waals surface area contributed by atoms with Crippen LogP contribution >= 0.6 is 0 Å². The lowest BCUT2D eigenvalue weighted by molar-refractivity contribution is 0.702. The van der Waals surface area contributed by atoms with E-state index in [4.69, 9.17) is 0 Å². The molecule has 0 fully saturated rings. The van der Waals surface area contributed by atoms with Crippen molar-refractivity contribution in [3.63, 3.8) is 0 Å². The molecule has 0 aliphatic carbocycles. The quantitative estimate of drug-likeness (QED) is 0.898. The topological polar surface area (TPSA) is 42.7 Å². The molecule has 0 aromatic carbocycles. The third-order valence-corrected chi connectivity index (χ3v) is 2.92. The van der Waals surface area contributed by atoms with Crippen LogP contribution in [0.15, 0.2) is 24.5 Å². The number of nitrogens with one attached hydrogen (secondary N) is 1. The van der Waals surface area contributed by atoms with E-state index in [-0.39, 0.29) is 0 Å². The first kappa shape index (κ1) is 12.8. The Morgan fingerprint density at radius 1 is 1.39 bits per heavy atom. The zero-order valence-corrected chi connectivity index (χ0v) is 11.4. The molecule has 0 aliphatic heterocycles. The van der Waals surface area contributed by atoms with Crippen molar-refractivity contribution in [1.29, 1.82) is 0 Å². The molecule has 4 heteroatoms. The van der Waals surface area contributed by atoms with E-state index in [1.165, 1.54) is 16.8 Å². The minimum Gasteiger partial charge on any atom is -0.316 e. The second kappa shape index (κ2) is 5.31. The minimum absolute atomic E-state index is 0.415. The van der Waals surface area contributed by atoms with Crippen LogP contribution in [0.1, 0.15) is 36.6 Å². The highest BCUT2D eigenvalue weighted by atomic mass is 15.3. The molecule has 0 aliphatic rings. The van der Waals surface area contributed by atoms with Gasteiger partial charge in [0.25, 0.3) is 0 Å². The van der Waals surface area contributed by atoms with Crippen LogP contribution in [0.4, 0.5) is 0 Å². The van der Waals surface area contributed by atoms with Gasteiger partial charge in [-0.1, -0.05) is 13.8 Å². The van der Waals surface area contributed by atoms with Gasteiger partial charge in [0.15, 0.2) is 5.82 Å². The highest BCUT2D eigenvalue weighted by Crippen LogP contribution is 2.22. The maximum atomic E-state index is 4.48. The van der Waals surface area contributed by atoms with Crippen LogP contribution in [0, 0.1) is 6.92 Å². The van der Waals surface area contributed by atoms with Crippen molar-refractivity contribution >= 4 is 0 Å². The van der Waals surface area contributed by atoms with Gasteiger partial charge in [0.05, 0.1) is 11.9 Å². The summed E-state index contributed by atoms with van der Waals surface area (Å²) in [7, 11) is 1.95. The number of hydrogen-bond acceptors (Lipinski definition) is 3. The maximum Gasteiger partial charge on any atom is 0.153 e. The molecule has 18 heavy (non-hydrogen) atoms. The standard InChI is InChI=1S/C14H20N4/c1-10(2)14-12(8-15-4)9-17-18(14)13-7-11(3)5-6-16-13/h5-7,9-10,15H,8H2,1-4H3. The van der Waals surface area contributed by atoms with Crippen LogP contribution in [0.3, 0.4) is 0 Å². The van der Waals surface area contributed by atoms with E-state index in [1.54, 1.807) is 0 Å². The molecule has 2 aromatic heterocycles. The summed E-state index contributed by atoms with van der Waals surface area (Å²) in [6.45, 7) is 7.27.